The Bertz CT molecular complexity index is 1220. The molecule has 1 aliphatic rings. The van der Waals surface area contributed by atoms with Crippen molar-refractivity contribution in [2.75, 3.05) is 20.8 Å². The van der Waals surface area contributed by atoms with Crippen LogP contribution in [0.4, 0.5) is 0 Å². The predicted molar refractivity (Wildman–Crippen MR) is 121 cm³/mol. The van der Waals surface area contributed by atoms with E-state index >= 15 is 0 Å². The number of ether oxygens (including phenoxy) is 5. The van der Waals surface area contributed by atoms with Crippen molar-refractivity contribution in [2.24, 2.45) is 0 Å². The third-order valence-electron chi connectivity index (χ3n) is 4.95. The fourth-order valence-corrected chi connectivity index (χ4v) is 3.45. The molecule has 0 bridgehead atoms. The molecule has 1 heterocycles. The third kappa shape index (κ3) is 4.52. The van der Waals surface area contributed by atoms with Gasteiger partial charge in [0.2, 0.25) is 5.78 Å². The molecule has 0 fully saturated rings. The van der Waals surface area contributed by atoms with Gasteiger partial charge in [-0.1, -0.05) is 18.2 Å². The zero-order valence-electron chi connectivity index (χ0n) is 18.4. The molecule has 4 rings (SSSR count). The number of esters is 1. The summed E-state index contributed by atoms with van der Waals surface area (Å²) in [5, 5.41) is 0. The zero-order chi connectivity index (χ0) is 23.4. The summed E-state index contributed by atoms with van der Waals surface area (Å²) in [6.45, 7) is 2.40. The van der Waals surface area contributed by atoms with E-state index in [2.05, 4.69) is 0 Å². The van der Waals surface area contributed by atoms with E-state index in [9.17, 15) is 9.59 Å². The predicted octanol–water partition coefficient (Wildman–Crippen LogP) is 4.94. The fraction of sp³-hybridized carbons (Fsp3) is 0.154. The van der Waals surface area contributed by atoms with Crippen LogP contribution in [-0.4, -0.2) is 32.6 Å². The Morgan fingerprint density at radius 2 is 1.67 bits per heavy atom. The Balaban J connectivity index is 1.56. The maximum Gasteiger partial charge on any atom is 0.351 e. The standard InChI is InChI=1S/C26H22O7/c1-4-31-17-11-12-19-22(15-17)33-23(25(19)27)14-16-7-5-8-18(13-16)32-26(28)24-20(29-2)9-6-10-21(24)30-3/h5-15H,4H2,1-3H3. The minimum Gasteiger partial charge on any atom is -0.496 e. The van der Waals surface area contributed by atoms with Crippen molar-refractivity contribution < 1.29 is 33.3 Å². The second-order valence-corrected chi connectivity index (χ2v) is 7.03. The average molecular weight is 446 g/mol. The van der Waals surface area contributed by atoms with Crippen LogP contribution in [0.3, 0.4) is 0 Å². The van der Waals surface area contributed by atoms with E-state index in [1.807, 2.05) is 6.92 Å². The summed E-state index contributed by atoms with van der Waals surface area (Å²) in [5.41, 5.74) is 1.28. The lowest BCUT2D eigenvalue weighted by molar-refractivity contribution is 0.0727. The molecule has 0 atom stereocenters. The van der Waals surface area contributed by atoms with Crippen molar-refractivity contribution in [3.8, 4) is 28.7 Å². The summed E-state index contributed by atoms with van der Waals surface area (Å²) < 4.78 is 27.3. The Morgan fingerprint density at radius 1 is 0.939 bits per heavy atom. The second-order valence-electron chi connectivity index (χ2n) is 7.03. The number of methoxy groups -OCH3 is 2. The minimum absolute atomic E-state index is 0.175. The molecule has 7 heteroatoms. The van der Waals surface area contributed by atoms with Crippen LogP contribution >= 0.6 is 0 Å². The normalized spacial score (nSPS) is 13.3. The Kier molecular flexibility index (Phi) is 6.31. The zero-order valence-corrected chi connectivity index (χ0v) is 18.4. The molecule has 0 N–H and O–H groups in total. The Labute approximate surface area is 191 Å². The first-order chi connectivity index (χ1) is 16.0. The molecule has 0 radical (unpaired) electrons. The van der Waals surface area contributed by atoms with Crippen LogP contribution in [-0.2, 0) is 0 Å². The number of ketones is 1. The summed E-state index contributed by atoms with van der Waals surface area (Å²) in [5.74, 6) is 1.37. The van der Waals surface area contributed by atoms with Crippen molar-refractivity contribution in [1.29, 1.82) is 0 Å². The van der Waals surface area contributed by atoms with Gasteiger partial charge in [0.1, 0.15) is 34.3 Å². The highest BCUT2D eigenvalue weighted by Gasteiger charge is 2.28. The van der Waals surface area contributed by atoms with Crippen LogP contribution in [0.5, 0.6) is 28.7 Å². The number of allylic oxidation sites excluding steroid dienone is 1. The number of benzene rings is 3. The molecule has 168 valence electrons. The summed E-state index contributed by atoms with van der Waals surface area (Å²) in [6.07, 6.45) is 1.60. The van der Waals surface area contributed by atoms with E-state index in [0.717, 1.165) is 0 Å². The summed E-state index contributed by atoms with van der Waals surface area (Å²) in [4.78, 5) is 25.5. The highest BCUT2D eigenvalue weighted by Crippen LogP contribution is 2.35. The molecular formula is C26H22O7. The monoisotopic (exact) mass is 446 g/mol. The fourth-order valence-electron chi connectivity index (χ4n) is 3.45. The van der Waals surface area contributed by atoms with E-state index in [1.165, 1.54) is 14.2 Å². The topological polar surface area (TPSA) is 80.3 Å². The number of Topliss-reactive ketones (excluding diaryl/α,β-unsaturated/α-hetero) is 1. The van der Waals surface area contributed by atoms with Crippen molar-refractivity contribution >= 4 is 17.8 Å². The molecule has 7 nitrogen and oxygen atoms in total. The van der Waals surface area contributed by atoms with Gasteiger partial charge in [0.15, 0.2) is 5.76 Å². The van der Waals surface area contributed by atoms with Gasteiger partial charge in [-0.3, -0.25) is 4.79 Å². The van der Waals surface area contributed by atoms with Gasteiger partial charge in [-0.25, -0.2) is 4.79 Å². The van der Waals surface area contributed by atoms with E-state index in [1.54, 1.807) is 66.7 Å². The molecule has 0 saturated heterocycles. The maximum atomic E-state index is 12.8. The SMILES string of the molecule is CCOc1ccc2c(c1)OC(=Cc1cccc(OC(=O)c3c(OC)cccc3OC)c1)C2=O. The van der Waals surface area contributed by atoms with Crippen molar-refractivity contribution in [3.05, 3.63) is 83.1 Å². The number of carbonyl (C=O) groups excluding carboxylic acids is 2. The first-order valence-electron chi connectivity index (χ1n) is 10.3. The Morgan fingerprint density at radius 3 is 2.36 bits per heavy atom. The van der Waals surface area contributed by atoms with Crippen LogP contribution in [0.2, 0.25) is 0 Å². The second kappa shape index (κ2) is 9.48. The first kappa shape index (κ1) is 22.0. The number of fused-ring (bicyclic) bond motifs is 1. The largest absolute Gasteiger partial charge is 0.496 e. The Hall–Kier alpha value is -4.26. The lowest BCUT2D eigenvalue weighted by atomic mass is 10.1. The number of carbonyl (C=O) groups is 2. The van der Waals surface area contributed by atoms with Gasteiger partial charge in [0.05, 0.1) is 26.4 Å². The summed E-state index contributed by atoms with van der Waals surface area (Å²) in [6, 6.07) is 16.9. The molecule has 0 unspecified atom stereocenters. The van der Waals surface area contributed by atoms with E-state index < -0.39 is 5.97 Å². The quantitative estimate of drug-likeness (QED) is 0.289. The lowest BCUT2D eigenvalue weighted by Gasteiger charge is -2.12. The highest BCUT2D eigenvalue weighted by atomic mass is 16.5. The number of hydrogen-bond donors (Lipinski definition) is 0. The van der Waals surface area contributed by atoms with Crippen LogP contribution < -0.4 is 23.7 Å². The molecular weight excluding hydrogens is 424 g/mol. The van der Waals surface area contributed by atoms with Gasteiger partial charge in [-0.15, -0.1) is 0 Å². The average Bonchev–Trinajstić information content (AvgIpc) is 3.13. The maximum absolute atomic E-state index is 12.8. The molecule has 3 aromatic rings. The summed E-state index contributed by atoms with van der Waals surface area (Å²) in [7, 11) is 2.93. The van der Waals surface area contributed by atoms with Crippen molar-refractivity contribution in [2.45, 2.75) is 6.92 Å². The molecule has 0 saturated carbocycles. The minimum atomic E-state index is -0.627. The highest BCUT2D eigenvalue weighted by molar-refractivity contribution is 6.14. The molecule has 0 aliphatic carbocycles. The molecule has 3 aromatic carbocycles. The molecule has 1 aliphatic heterocycles. The number of hydrogen-bond acceptors (Lipinski definition) is 7. The molecule has 0 aromatic heterocycles. The first-order valence-corrected chi connectivity index (χ1v) is 10.3. The molecule has 0 amide bonds. The van der Waals surface area contributed by atoms with Crippen LogP contribution in [0.15, 0.2) is 66.4 Å². The van der Waals surface area contributed by atoms with Gasteiger partial charge in [-0.05, 0) is 55.0 Å². The number of rotatable bonds is 7. The van der Waals surface area contributed by atoms with Gasteiger partial charge >= 0.3 is 5.97 Å². The lowest BCUT2D eigenvalue weighted by Crippen LogP contribution is -2.12. The van der Waals surface area contributed by atoms with Gasteiger partial charge < -0.3 is 23.7 Å². The van der Waals surface area contributed by atoms with Gasteiger partial charge in [0.25, 0.3) is 0 Å². The third-order valence-corrected chi connectivity index (χ3v) is 4.95. The van der Waals surface area contributed by atoms with Crippen LogP contribution in [0.1, 0.15) is 33.2 Å². The smallest absolute Gasteiger partial charge is 0.351 e. The van der Waals surface area contributed by atoms with Crippen LogP contribution in [0, 0.1) is 0 Å². The van der Waals surface area contributed by atoms with E-state index in [4.69, 9.17) is 23.7 Å². The van der Waals surface area contributed by atoms with E-state index in [-0.39, 0.29) is 17.1 Å². The van der Waals surface area contributed by atoms with Gasteiger partial charge in [0, 0.05) is 6.07 Å². The van der Waals surface area contributed by atoms with Crippen molar-refractivity contribution in [3.63, 3.8) is 0 Å². The molecule has 33 heavy (non-hydrogen) atoms. The van der Waals surface area contributed by atoms with Crippen molar-refractivity contribution in [1.82, 2.24) is 0 Å². The van der Waals surface area contributed by atoms with E-state index in [0.29, 0.717) is 46.5 Å². The van der Waals surface area contributed by atoms with Gasteiger partial charge in [-0.2, -0.15) is 0 Å². The summed E-state index contributed by atoms with van der Waals surface area (Å²) >= 11 is 0. The van der Waals surface area contributed by atoms with Crippen LogP contribution in [0.25, 0.3) is 6.08 Å². The molecule has 0 spiro atoms.